The van der Waals surface area contributed by atoms with Crippen molar-refractivity contribution in [3.63, 3.8) is 0 Å². The number of rotatable bonds is 5. The molecule has 1 atom stereocenters. The fourth-order valence-electron chi connectivity index (χ4n) is 3.71. The Balaban J connectivity index is 1.56. The van der Waals surface area contributed by atoms with Gasteiger partial charge in [-0.1, -0.05) is 48.5 Å². The summed E-state index contributed by atoms with van der Waals surface area (Å²) in [4.78, 5) is 38.1. The lowest BCUT2D eigenvalue weighted by Crippen LogP contribution is -3.09. The Hall–Kier alpha value is -1.83. The summed E-state index contributed by atoms with van der Waals surface area (Å²) < 4.78 is 0. The maximum absolute atomic E-state index is 12.7. The molecule has 1 aromatic carbocycles. The minimum Gasteiger partial charge on any atom is -0.326 e. The first kappa shape index (κ1) is 19.9. The summed E-state index contributed by atoms with van der Waals surface area (Å²) in [6.07, 6.45) is 4.08. The highest BCUT2D eigenvalue weighted by atomic mass is 35.5. The van der Waals surface area contributed by atoms with Crippen molar-refractivity contribution in [2.75, 3.05) is 13.6 Å². The Labute approximate surface area is 167 Å². The molecule has 3 rings (SSSR count). The van der Waals surface area contributed by atoms with Crippen LogP contribution in [0.3, 0.4) is 0 Å². The molecule has 1 unspecified atom stereocenters. The van der Waals surface area contributed by atoms with Gasteiger partial charge >= 0.3 is 6.03 Å². The first-order valence-corrected chi connectivity index (χ1v) is 9.78. The van der Waals surface area contributed by atoms with Crippen molar-refractivity contribution in [2.24, 2.45) is 0 Å². The van der Waals surface area contributed by atoms with E-state index < -0.39 is 17.5 Å². The number of nitrogens with one attached hydrogen (secondary N) is 3. The molecule has 4 amide bonds. The molecule has 27 heavy (non-hydrogen) atoms. The zero-order valence-corrected chi connectivity index (χ0v) is 16.6. The van der Waals surface area contributed by atoms with Crippen molar-refractivity contribution in [3.8, 4) is 0 Å². The number of amides is 4. The molecule has 1 aromatic rings. The third-order valence-corrected chi connectivity index (χ3v) is 5.80. The second-order valence-electron chi connectivity index (χ2n) is 7.31. The summed E-state index contributed by atoms with van der Waals surface area (Å²) >= 11 is 11.9. The SMILES string of the molecule is C[NH+](CC(=O)NN1C(=O)NC2(CCCCC2)C1=O)Cc1ccc(Cl)c(Cl)c1. The third kappa shape index (κ3) is 4.36. The minimum atomic E-state index is -0.846. The average Bonchev–Trinajstić information content (AvgIpc) is 2.83. The van der Waals surface area contributed by atoms with Gasteiger partial charge in [0.25, 0.3) is 11.8 Å². The van der Waals surface area contributed by atoms with Crippen molar-refractivity contribution >= 4 is 41.0 Å². The minimum absolute atomic E-state index is 0.101. The fourth-order valence-corrected chi connectivity index (χ4v) is 4.04. The number of quaternary nitrogens is 1. The molecule has 1 saturated heterocycles. The first-order valence-electron chi connectivity index (χ1n) is 9.02. The van der Waals surface area contributed by atoms with Crippen LogP contribution in [0.4, 0.5) is 4.79 Å². The van der Waals surface area contributed by atoms with Crippen LogP contribution in [0.2, 0.25) is 10.0 Å². The van der Waals surface area contributed by atoms with Crippen molar-refractivity contribution in [1.29, 1.82) is 0 Å². The highest BCUT2D eigenvalue weighted by Crippen LogP contribution is 2.32. The monoisotopic (exact) mass is 413 g/mol. The number of imide groups is 1. The fraction of sp³-hybridized carbons (Fsp3) is 0.500. The Morgan fingerprint density at radius 1 is 1.22 bits per heavy atom. The van der Waals surface area contributed by atoms with Crippen LogP contribution in [0.1, 0.15) is 37.7 Å². The van der Waals surface area contributed by atoms with Crippen LogP contribution in [-0.4, -0.2) is 42.0 Å². The van der Waals surface area contributed by atoms with Crippen LogP contribution >= 0.6 is 23.2 Å². The molecule has 3 N–H and O–H groups in total. The lowest BCUT2D eigenvalue weighted by atomic mass is 9.82. The Morgan fingerprint density at radius 2 is 1.93 bits per heavy atom. The number of hydrogen-bond donors (Lipinski definition) is 3. The van der Waals surface area contributed by atoms with Crippen LogP contribution in [0.5, 0.6) is 0 Å². The number of likely N-dealkylation sites (N-methyl/N-ethyl adjacent to an activating group) is 1. The Kier molecular flexibility index (Phi) is 5.93. The maximum Gasteiger partial charge on any atom is 0.344 e. The van der Waals surface area contributed by atoms with Crippen LogP contribution in [-0.2, 0) is 16.1 Å². The van der Waals surface area contributed by atoms with E-state index in [1.165, 1.54) is 0 Å². The van der Waals surface area contributed by atoms with Gasteiger partial charge in [0, 0.05) is 5.56 Å². The molecular weight excluding hydrogens is 391 g/mol. The Morgan fingerprint density at radius 3 is 2.59 bits per heavy atom. The van der Waals surface area contributed by atoms with Crippen LogP contribution in [0, 0.1) is 0 Å². The molecule has 9 heteroatoms. The molecule has 146 valence electrons. The van der Waals surface area contributed by atoms with Crippen LogP contribution < -0.4 is 15.6 Å². The molecular formula is C18H23Cl2N4O3+. The third-order valence-electron chi connectivity index (χ3n) is 5.06. The van der Waals surface area contributed by atoms with Gasteiger partial charge < -0.3 is 10.2 Å². The van der Waals surface area contributed by atoms with E-state index in [2.05, 4.69) is 10.7 Å². The van der Waals surface area contributed by atoms with Crippen molar-refractivity contribution in [1.82, 2.24) is 15.8 Å². The summed E-state index contributed by atoms with van der Waals surface area (Å²) in [5, 5.41) is 4.54. The van der Waals surface area contributed by atoms with E-state index in [9.17, 15) is 14.4 Å². The number of carbonyl (C=O) groups excluding carboxylic acids is 3. The van der Waals surface area contributed by atoms with Gasteiger partial charge in [-0.2, -0.15) is 5.01 Å². The van der Waals surface area contributed by atoms with Gasteiger partial charge in [0.1, 0.15) is 12.1 Å². The predicted molar refractivity (Wildman–Crippen MR) is 101 cm³/mol. The smallest absolute Gasteiger partial charge is 0.326 e. The Bertz CT molecular complexity index is 765. The summed E-state index contributed by atoms with van der Waals surface area (Å²) in [5.41, 5.74) is 2.54. The summed E-state index contributed by atoms with van der Waals surface area (Å²) in [7, 11) is 1.84. The molecule has 2 fully saturated rings. The molecule has 0 radical (unpaired) electrons. The van der Waals surface area contributed by atoms with E-state index in [0.717, 1.165) is 34.7 Å². The van der Waals surface area contributed by atoms with Crippen molar-refractivity contribution in [2.45, 2.75) is 44.2 Å². The molecule has 7 nitrogen and oxygen atoms in total. The van der Waals surface area contributed by atoms with Crippen LogP contribution in [0.25, 0.3) is 0 Å². The number of halogens is 2. The van der Waals surface area contributed by atoms with E-state index in [4.69, 9.17) is 23.2 Å². The topological polar surface area (TPSA) is 82.9 Å². The standard InChI is InChI=1S/C18H22Cl2N4O3/c1-23(10-12-5-6-13(19)14(20)9-12)11-15(25)22-24-16(26)18(21-17(24)27)7-3-2-4-8-18/h5-6,9H,2-4,7-8,10-11H2,1H3,(H,21,27)(H,22,25)/p+1. The number of hydrogen-bond acceptors (Lipinski definition) is 3. The zero-order chi connectivity index (χ0) is 19.6. The molecule has 0 aromatic heterocycles. The van der Waals surface area contributed by atoms with Crippen molar-refractivity contribution < 1.29 is 19.3 Å². The number of nitrogens with zero attached hydrogens (tertiary/aromatic N) is 1. The van der Waals surface area contributed by atoms with E-state index in [0.29, 0.717) is 29.4 Å². The highest BCUT2D eigenvalue weighted by molar-refractivity contribution is 6.42. The number of benzene rings is 1. The van der Waals surface area contributed by atoms with E-state index in [1.807, 2.05) is 13.1 Å². The lowest BCUT2D eigenvalue weighted by Gasteiger charge is -2.30. The second-order valence-corrected chi connectivity index (χ2v) is 8.12. The molecule has 1 aliphatic carbocycles. The largest absolute Gasteiger partial charge is 0.344 e. The van der Waals surface area contributed by atoms with E-state index in [-0.39, 0.29) is 12.5 Å². The molecule has 1 heterocycles. The second kappa shape index (κ2) is 8.04. The van der Waals surface area contributed by atoms with Gasteiger partial charge in [-0.3, -0.25) is 15.0 Å². The van der Waals surface area contributed by atoms with Gasteiger partial charge in [-0.05, 0) is 25.0 Å². The van der Waals surface area contributed by atoms with Gasteiger partial charge in [0.15, 0.2) is 6.54 Å². The van der Waals surface area contributed by atoms with E-state index >= 15 is 0 Å². The normalized spacial score (nSPS) is 19.9. The average molecular weight is 414 g/mol. The van der Waals surface area contributed by atoms with Gasteiger partial charge in [-0.15, -0.1) is 0 Å². The maximum atomic E-state index is 12.7. The van der Waals surface area contributed by atoms with Gasteiger partial charge in [-0.25, -0.2) is 4.79 Å². The first-order chi connectivity index (χ1) is 12.8. The number of carbonyl (C=O) groups is 3. The predicted octanol–water partition coefficient (Wildman–Crippen LogP) is 1.29. The summed E-state index contributed by atoms with van der Waals surface area (Å²) in [6.45, 7) is 0.651. The van der Waals surface area contributed by atoms with E-state index in [1.54, 1.807) is 12.1 Å². The molecule has 0 bridgehead atoms. The molecule has 1 aliphatic heterocycles. The highest BCUT2D eigenvalue weighted by Gasteiger charge is 2.52. The molecule has 1 spiro atoms. The van der Waals surface area contributed by atoms with Crippen molar-refractivity contribution in [3.05, 3.63) is 33.8 Å². The zero-order valence-electron chi connectivity index (χ0n) is 15.1. The summed E-state index contributed by atoms with van der Waals surface area (Å²) in [5.74, 6) is -0.758. The number of hydrazine groups is 1. The molecule has 2 aliphatic rings. The summed E-state index contributed by atoms with van der Waals surface area (Å²) in [6, 6.07) is 4.76. The van der Waals surface area contributed by atoms with Gasteiger partial charge in [0.05, 0.1) is 17.1 Å². The van der Waals surface area contributed by atoms with Gasteiger partial charge in [0.2, 0.25) is 0 Å². The molecule has 1 saturated carbocycles. The lowest BCUT2D eigenvalue weighted by molar-refractivity contribution is -0.885. The van der Waals surface area contributed by atoms with Crippen LogP contribution in [0.15, 0.2) is 18.2 Å². The number of urea groups is 1. The quantitative estimate of drug-likeness (QED) is 0.636.